The molecule has 0 bridgehead atoms. The average molecular weight is 564 g/mol. The maximum Gasteiger partial charge on any atom is 0.238 e. The largest absolute Gasteiger partial charge is 0.496 e. The van der Waals surface area contributed by atoms with Crippen LogP contribution in [0.5, 0.6) is 23.0 Å². The van der Waals surface area contributed by atoms with Crippen LogP contribution >= 0.6 is 11.6 Å². The van der Waals surface area contributed by atoms with E-state index in [0.717, 1.165) is 16.9 Å². The van der Waals surface area contributed by atoms with E-state index in [2.05, 4.69) is 21.5 Å². The molecule has 1 amide bonds. The Hall–Kier alpha value is -4.12. The number of anilines is 1. The minimum atomic E-state index is -0.206. The van der Waals surface area contributed by atoms with Gasteiger partial charge in [-0.05, 0) is 48.0 Å². The van der Waals surface area contributed by atoms with Crippen molar-refractivity contribution in [2.45, 2.75) is 13.1 Å². The van der Waals surface area contributed by atoms with Gasteiger partial charge in [0.2, 0.25) is 5.91 Å². The molecule has 40 heavy (non-hydrogen) atoms. The van der Waals surface area contributed by atoms with Gasteiger partial charge in [-0.1, -0.05) is 29.8 Å². The third-order valence-electron chi connectivity index (χ3n) is 6.24. The van der Waals surface area contributed by atoms with Crippen molar-refractivity contribution in [1.29, 1.82) is 0 Å². The molecule has 0 saturated carbocycles. The van der Waals surface area contributed by atoms with Gasteiger partial charge in [-0.3, -0.25) is 9.69 Å². The predicted molar refractivity (Wildman–Crippen MR) is 150 cm³/mol. The molecule has 2 heterocycles. The van der Waals surface area contributed by atoms with Gasteiger partial charge in [0.25, 0.3) is 0 Å². The average Bonchev–Trinajstić information content (AvgIpc) is 3.45. The molecule has 0 atom stereocenters. The van der Waals surface area contributed by atoms with Crippen LogP contribution in [0.1, 0.15) is 11.1 Å². The van der Waals surface area contributed by atoms with Crippen molar-refractivity contribution < 1.29 is 23.7 Å². The van der Waals surface area contributed by atoms with E-state index in [9.17, 15) is 4.79 Å². The van der Waals surface area contributed by atoms with Gasteiger partial charge in [-0.25, -0.2) is 9.67 Å². The van der Waals surface area contributed by atoms with Crippen LogP contribution in [0, 0.1) is 0 Å². The molecule has 0 radical (unpaired) electrons. The maximum absolute atomic E-state index is 13.3. The first-order valence-electron chi connectivity index (χ1n) is 12.8. The molecular formula is C29H30ClN5O5. The highest BCUT2D eigenvalue weighted by atomic mass is 35.5. The Bertz CT molecular complexity index is 1430. The van der Waals surface area contributed by atoms with E-state index >= 15 is 0 Å². The van der Waals surface area contributed by atoms with Crippen molar-refractivity contribution in [3.8, 4) is 23.0 Å². The molecule has 0 saturated heterocycles. The molecule has 0 aliphatic carbocycles. The van der Waals surface area contributed by atoms with Gasteiger partial charge in [0.1, 0.15) is 25.0 Å². The zero-order chi connectivity index (χ0) is 27.7. The Morgan fingerprint density at radius 2 is 1.88 bits per heavy atom. The molecule has 0 spiro atoms. The molecule has 1 aromatic heterocycles. The number of carbonyl (C=O) groups excluding carboxylic acids is 1. The third kappa shape index (κ3) is 7.29. The van der Waals surface area contributed by atoms with Crippen molar-refractivity contribution in [3.63, 3.8) is 0 Å². The molecule has 0 fully saturated rings. The highest BCUT2D eigenvalue weighted by Crippen LogP contribution is 2.36. The summed E-state index contributed by atoms with van der Waals surface area (Å²) in [5, 5.41) is 7.65. The number of hydrogen-bond donors (Lipinski definition) is 1. The first-order valence-corrected chi connectivity index (χ1v) is 13.2. The Balaban J connectivity index is 1.36. The number of rotatable bonds is 5. The second-order valence-electron chi connectivity index (χ2n) is 9.15. The smallest absolute Gasteiger partial charge is 0.238 e. The molecule has 1 aliphatic heterocycles. The summed E-state index contributed by atoms with van der Waals surface area (Å²) in [5.74, 6) is 2.11. The third-order valence-corrected chi connectivity index (χ3v) is 6.47. The summed E-state index contributed by atoms with van der Waals surface area (Å²) in [5.41, 5.74) is 2.45. The highest BCUT2D eigenvalue weighted by Gasteiger charge is 2.17. The fourth-order valence-corrected chi connectivity index (χ4v) is 4.55. The normalized spacial score (nSPS) is 14.9. The Labute approximate surface area is 237 Å². The topological polar surface area (TPSA) is 100.0 Å². The number of methoxy groups -OCH3 is 1. The highest BCUT2D eigenvalue weighted by molar-refractivity contribution is 6.31. The second-order valence-corrected chi connectivity index (χ2v) is 9.58. The molecular weight excluding hydrogens is 534 g/mol. The van der Waals surface area contributed by atoms with Gasteiger partial charge in [0.15, 0.2) is 17.2 Å². The van der Waals surface area contributed by atoms with Crippen LogP contribution in [0.15, 0.2) is 73.3 Å². The summed E-state index contributed by atoms with van der Waals surface area (Å²) in [6, 6.07) is 18.4. The lowest BCUT2D eigenvalue weighted by Crippen LogP contribution is -2.35. The van der Waals surface area contributed by atoms with Gasteiger partial charge in [-0.15, -0.1) is 0 Å². The molecule has 1 N–H and O–H groups in total. The van der Waals surface area contributed by atoms with Crippen LogP contribution in [-0.4, -0.2) is 65.6 Å². The van der Waals surface area contributed by atoms with E-state index in [1.54, 1.807) is 36.3 Å². The minimum absolute atomic E-state index is 0.132. The van der Waals surface area contributed by atoms with E-state index < -0.39 is 0 Å². The maximum atomic E-state index is 13.3. The monoisotopic (exact) mass is 563 g/mol. The number of carbonyl (C=O) groups is 1. The Morgan fingerprint density at radius 3 is 2.70 bits per heavy atom. The van der Waals surface area contributed by atoms with E-state index in [0.29, 0.717) is 67.4 Å². The molecule has 5 rings (SSSR count). The van der Waals surface area contributed by atoms with E-state index in [4.69, 9.17) is 30.5 Å². The molecule has 3 aromatic carbocycles. The SMILES string of the molecule is COc1ccc(CN2CCOCCOc3ccccc3Oc3ccc(Cl)cc3NC(=O)C2)cc1Cn1cncn1. The molecule has 0 unspecified atom stereocenters. The zero-order valence-electron chi connectivity index (χ0n) is 22.1. The number of amides is 1. The molecule has 4 aromatic rings. The fraction of sp³-hybridized carbons (Fsp3) is 0.276. The predicted octanol–water partition coefficient (Wildman–Crippen LogP) is 4.63. The summed E-state index contributed by atoms with van der Waals surface area (Å²) < 4.78 is 25.2. The summed E-state index contributed by atoms with van der Waals surface area (Å²) in [4.78, 5) is 19.3. The van der Waals surface area contributed by atoms with Crippen molar-refractivity contribution in [2.24, 2.45) is 0 Å². The number of benzene rings is 3. The van der Waals surface area contributed by atoms with Crippen molar-refractivity contribution in [3.05, 3.63) is 89.5 Å². The van der Waals surface area contributed by atoms with Gasteiger partial charge in [-0.2, -0.15) is 5.10 Å². The lowest BCUT2D eigenvalue weighted by molar-refractivity contribution is -0.117. The summed E-state index contributed by atoms with van der Waals surface area (Å²) >= 11 is 6.27. The number of hydrogen-bond acceptors (Lipinski definition) is 8. The molecule has 11 heteroatoms. The quantitative estimate of drug-likeness (QED) is 0.375. The zero-order valence-corrected chi connectivity index (χ0v) is 22.8. The number of fused-ring (bicyclic) bond motifs is 2. The van der Waals surface area contributed by atoms with Gasteiger partial charge in [0.05, 0.1) is 39.1 Å². The Morgan fingerprint density at radius 1 is 1.00 bits per heavy atom. The second kappa shape index (κ2) is 13.3. The fourth-order valence-electron chi connectivity index (χ4n) is 4.38. The molecule has 10 nitrogen and oxygen atoms in total. The van der Waals surface area contributed by atoms with Crippen LogP contribution in [0.3, 0.4) is 0 Å². The number of para-hydroxylation sites is 2. The minimum Gasteiger partial charge on any atom is -0.496 e. The van der Waals surface area contributed by atoms with Crippen molar-refractivity contribution >= 4 is 23.2 Å². The molecule has 1 aliphatic rings. The van der Waals surface area contributed by atoms with Crippen LogP contribution in [-0.2, 0) is 22.6 Å². The van der Waals surface area contributed by atoms with Gasteiger partial charge in [0, 0.05) is 23.7 Å². The Kier molecular flexibility index (Phi) is 9.12. The van der Waals surface area contributed by atoms with Crippen molar-refractivity contribution in [1.82, 2.24) is 19.7 Å². The van der Waals surface area contributed by atoms with E-state index in [-0.39, 0.29) is 12.5 Å². The number of halogens is 1. The van der Waals surface area contributed by atoms with Gasteiger partial charge < -0.3 is 24.3 Å². The lowest BCUT2D eigenvalue weighted by atomic mass is 10.1. The van der Waals surface area contributed by atoms with Crippen LogP contribution in [0.4, 0.5) is 5.69 Å². The van der Waals surface area contributed by atoms with E-state index in [1.165, 1.54) is 6.33 Å². The van der Waals surface area contributed by atoms with E-state index in [1.807, 2.05) is 41.3 Å². The first kappa shape index (κ1) is 27.4. The lowest BCUT2D eigenvalue weighted by Gasteiger charge is -2.23. The number of aromatic nitrogens is 3. The van der Waals surface area contributed by atoms with Gasteiger partial charge >= 0.3 is 0 Å². The number of nitrogens with zero attached hydrogens (tertiary/aromatic N) is 4. The first-order chi connectivity index (χ1) is 19.6. The number of nitrogens with one attached hydrogen (secondary N) is 1. The summed E-state index contributed by atoms with van der Waals surface area (Å²) in [6.07, 6.45) is 3.16. The number of ether oxygens (including phenoxy) is 4. The van der Waals surface area contributed by atoms with Crippen molar-refractivity contribution in [2.75, 3.05) is 45.3 Å². The van der Waals surface area contributed by atoms with Crippen LogP contribution in [0.2, 0.25) is 5.02 Å². The van der Waals surface area contributed by atoms with Crippen LogP contribution in [0.25, 0.3) is 0 Å². The summed E-state index contributed by atoms with van der Waals surface area (Å²) in [7, 11) is 1.64. The van der Waals surface area contributed by atoms with Crippen LogP contribution < -0.4 is 19.5 Å². The standard InChI is InChI=1S/C29H30ClN5O5/c1-37-25-8-6-21(14-22(25)17-35-20-31-19-32-35)16-34-10-11-38-12-13-39-27-4-2-3-5-28(27)40-26-9-7-23(30)15-24(26)33-29(36)18-34/h2-9,14-15,19-20H,10-13,16-18H2,1H3,(H,33,36). The summed E-state index contributed by atoms with van der Waals surface area (Å²) in [6.45, 7) is 2.88. The molecule has 208 valence electrons.